The van der Waals surface area contributed by atoms with E-state index in [1.54, 1.807) is 18.4 Å². The van der Waals surface area contributed by atoms with E-state index in [1.807, 2.05) is 19.2 Å². The average Bonchev–Trinajstić information content (AvgIpc) is 2.74. The van der Waals surface area contributed by atoms with Gasteiger partial charge in [0.05, 0.1) is 6.10 Å². The van der Waals surface area contributed by atoms with Gasteiger partial charge in [0.2, 0.25) is 5.95 Å². The fourth-order valence-corrected chi connectivity index (χ4v) is 2.10. The Morgan fingerprint density at radius 3 is 2.61 bits per heavy atom. The lowest BCUT2D eigenvalue weighted by Crippen LogP contribution is -2.11. The molecule has 0 atom stereocenters. The van der Waals surface area contributed by atoms with Crippen molar-refractivity contribution in [3.8, 4) is 17.4 Å². The molecule has 0 aromatic carbocycles. The molecule has 18 heavy (non-hydrogen) atoms. The van der Waals surface area contributed by atoms with Crippen molar-refractivity contribution < 1.29 is 4.74 Å². The summed E-state index contributed by atoms with van der Waals surface area (Å²) in [6.07, 6.45) is 0.0363. The Labute approximate surface area is 110 Å². The van der Waals surface area contributed by atoms with Crippen LogP contribution in [0.3, 0.4) is 0 Å². The molecule has 0 fully saturated rings. The van der Waals surface area contributed by atoms with E-state index >= 15 is 0 Å². The van der Waals surface area contributed by atoms with E-state index < -0.39 is 0 Å². The molecule has 2 heterocycles. The highest BCUT2D eigenvalue weighted by Gasteiger charge is 2.10. The van der Waals surface area contributed by atoms with Crippen LogP contribution in [0.4, 0.5) is 5.95 Å². The maximum Gasteiger partial charge on any atom is 0.322 e. The van der Waals surface area contributed by atoms with E-state index in [0.717, 1.165) is 5.56 Å². The molecule has 0 aliphatic carbocycles. The highest BCUT2D eigenvalue weighted by atomic mass is 32.1. The Hall–Kier alpha value is -1.69. The molecule has 0 amide bonds. The summed E-state index contributed by atoms with van der Waals surface area (Å²) in [5.74, 6) is 1.15. The SMILES string of the molecule is CNc1nc(OC(C)C)nc(-c2csc(C)c2)n1. The van der Waals surface area contributed by atoms with Crippen LogP contribution in [-0.2, 0) is 0 Å². The van der Waals surface area contributed by atoms with Crippen molar-refractivity contribution in [3.05, 3.63) is 16.3 Å². The van der Waals surface area contributed by atoms with Gasteiger partial charge in [-0.15, -0.1) is 11.3 Å². The van der Waals surface area contributed by atoms with Crippen molar-refractivity contribution in [1.29, 1.82) is 0 Å². The van der Waals surface area contributed by atoms with Crippen LogP contribution in [0.5, 0.6) is 6.01 Å². The monoisotopic (exact) mass is 264 g/mol. The van der Waals surface area contributed by atoms with E-state index in [4.69, 9.17) is 4.74 Å². The minimum atomic E-state index is 0.0363. The number of hydrogen-bond donors (Lipinski definition) is 1. The lowest BCUT2D eigenvalue weighted by atomic mass is 10.3. The first-order valence-corrected chi connectivity index (χ1v) is 6.62. The van der Waals surface area contributed by atoms with Crippen molar-refractivity contribution in [2.45, 2.75) is 26.9 Å². The van der Waals surface area contributed by atoms with Crippen LogP contribution in [0.15, 0.2) is 11.4 Å². The molecule has 1 N–H and O–H groups in total. The van der Waals surface area contributed by atoms with Gasteiger partial charge in [-0.3, -0.25) is 0 Å². The second kappa shape index (κ2) is 5.30. The smallest absolute Gasteiger partial charge is 0.322 e. The standard InChI is InChI=1S/C12H16N4OS/c1-7(2)17-12-15-10(14-11(13-4)16-12)9-5-8(3)18-6-9/h5-7H,1-4H3,(H,13,14,15,16). The Balaban J connectivity index is 2.40. The van der Waals surface area contributed by atoms with Crippen molar-refractivity contribution >= 4 is 17.3 Å². The number of thiophene rings is 1. The third-order valence-electron chi connectivity index (χ3n) is 2.17. The Morgan fingerprint density at radius 1 is 1.28 bits per heavy atom. The largest absolute Gasteiger partial charge is 0.461 e. The van der Waals surface area contributed by atoms with E-state index in [0.29, 0.717) is 17.8 Å². The number of hydrogen-bond acceptors (Lipinski definition) is 6. The number of aromatic nitrogens is 3. The fraction of sp³-hybridized carbons (Fsp3) is 0.417. The van der Waals surface area contributed by atoms with Gasteiger partial charge in [0.15, 0.2) is 5.82 Å². The third kappa shape index (κ3) is 2.95. The van der Waals surface area contributed by atoms with Gasteiger partial charge >= 0.3 is 6.01 Å². The highest BCUT2D eigenvalue weighted by Crippen LogP contribution is 2.24. The molecule has 5 nitrogen and oxygen atoms in total. The second-order valence-corrected chi connectivity index (χ2v) is 5.24. The van der Waals surface area contributed by atoms with Gasteiger partial charge in [-0.25, -0.2) is 0 Å². The topological polar surface area (TPSA) is 59.9 Å². The lowest BCUT2D eigenvalue weighted by molar-refractivity contribution is 0.222. The van der Waals surface area contributed by atoms with Gasteiger partial charge < -0.3 is 10.1 Å². The van der Waals surface area contributed by atoms with Crippen LogP contribution in [-0.4, -0.2) is 28.1 Å². The summed E-state index contributed by atoms with van der Waals surface area (Å²) >= 11 is 1.67. The first kappa shape index (κ1) is 12.8. The minimum Gasteiger partial charge on any atom is -0.461 e. The van der Waals surface area contributed by atoms with Crippen molar-refractivity contribution in [3.63, 3.8) is 0 Å². The van der Waals surface area contributed by atoms with Gasteiger partial charge in [0.25, 0.3) is 0 Å². The van der Waals surface area contributed by atoms with Gasteiger partial charge in [0, 0.05) is 22.9 Å². The van der Waals surface area contributed by atoms with Crippen LogP contribution in [0.1, 0.15) is 18.7 Å². The molecule has 2 rings (SSSR count). The van der Waals surface area contributed by atoms with Gasteiger partial charge in [-0.2, -0.15) is 15.0 Å². The number of anilines is 1. The summed E-state index contributed by atoms with van der Waals surface area (Å²) in [5.41, 5.74) is 0.991. The molecule has 2 aromatic heterocycles. The minimum absolute atomic E-state index is 0.0363. The molecular formula is C12H16N4OS. The van der Waals surface area contributed by atoms with Crippen LogP contribution in [0.2, 0.25) is 0 Å². The zero-order valence-corrected chi connectivity index (χ0v) is 11.7. The van der Waals surface area contributed by atoms with Gasteiger partial charge in [-0.05, 0) is 26.8 Å². The zero-order chi connectivity index (χ0) is 13.1. The number of ether oxygens (including phenoxy) is 1. The molecule has 6 heteroatoms. The number of nitrogens with zero attached hydrogens (tertiary/aromatic N) is 3. The van der Waals surface area contributed by atoms with Gasteiger partial charge in [0.1, 0.15) is 0 Å². The second-order valence-electron chi connectivity index (χ2n) is 4.13. The molecule has 0 saturated heterocycles. The summed E-state index contributed by atoms with van der Waals surface area (Å²) in [5, 5.41) is 4.95. The van der Waals surface area contributed by atoms with E-state index in [9.17, 15) is 0 Å². The van der Waals surface area contributed by atoms with Crippen LogP contribution in [0.25, 0.3) is 11.4 Å². The molecule has 96 valence electrons. The normalized spacial score (nSPS) is 10.7. The Kier molecular flexibility index (Phi) is 3.76. The molecule has 0 aliphatic rings. The summed E-state index contributed by atoms with van der Waals surface area (Å²) < 4.78 is 5.53. The van der Waals surface area contributed by atoms with E-state index in [1.165, 1.54) is 4.88 Å². The molecule has 0 unspecified atom stereocenters. The summed E-state index contributed by atoms with van der Waals surface area (Å²) in [6, 6.07) is 2.40. The third-order valence-corrected chi connectivity index (χ3v) is 3.03. The molecule has 0 aliphatic heterocycles. The van der Waals surface area contributed by atoms with Gasteiger partial charge in [-0.1, -0.05) is 0 Å². The zero-order valence-electron chi connectivity index (χ0n) is 10.9. The lowest BCUT2D eigenvalue weighted by Gasteiger charge is -2.09. The molecule has 2 aromatic rings. The molecule has 0 radical (unpaired) electrons. The first-order valence-electron chi connectivity index (χ1n) is 5.74. The molecular weight excluding hydrogens is 248 g/mol. The predicted octanol–water partition coefficient (Wildman–Crippen LogP) is 2.74. The van der Waals surface area contributed by atoms with Crippen molar-refractivity contribution in [2.75, 3.05) is 12.4 Å². The molecule has 0 saturated carbocycles. The number of nitrogens with one attached hydrogen (secondary N) is 1. The van der Waals surface area contributed by atoms with Crippen molar-refractivity contribution in [1.82, 2.24) is 15.0 Å². The van der Waals surface area contributed by atoms with E-state index in [-0.39, 0.29) is 6.10 Å². The molecule has 0 bridgehead atoms. The summed E-state index contributed by atoms with van der Waals surface area (Å²) in [6.45, 7) is 5.94. The summed E-state index contributed by atoms with van der Waals surface area (Å²) in [4.78, 5) is 14.1. The summed E-state index contributed by atoms with van der Waals surface area (Å²) in [7, 11) is 1.77. The highest BCUT2D eigenvalue weighted by molar-refractivity contribution is 7.10. The quantitative estimate of drug-likeness (QED) is 0.920. The Morgan fingerprint density at radius 2 is 2.06 bits per heavy atom. The van der Waals surface area contributed by atoms with Crippen LogP contribution >= 0.6 is 11.3 Å². The number of rotatable bonds is 4. The average molecular weight is 264 g/mol. The Bertz CT molecular complexity index is 539. The fourth-order valence-electron chi connectivity index (χ4n) is 1.42. The maximum atomic E-state index is 5.53. The maximum absolute atomic E-state index is 5.53. The predicted molar refractivity (Wildman–Crippen MR) is 73.2 cm³/mol. The first-order chi connectivity index (χ1) is 8.58. The molecule has 0 spiro atoms. The van der Waals surface area contributed by atoms with E-state index in [2.05, 4.69) is 33.3 Å². The van der Waals surface area contributed by atoms with Crippen LogP contribution in [0, 0.1) is 6.92 Å². The van der Waals surface area contributed by atoms with Crippen molar-refractivity contribution in [2.24, 2.45) is 0 Å². The van der Waals surface area contributed by atoms with Crippen LogP contribution < -0.4 is 10.1 Å². The number of aryl methyl sites for hydroxylation is 1.